The maximum Gasteiger partial charge on any atom is 0.0784 e. The number of nitrogens with two attached hydrogens (primary N) is 1. The summed E-state index contributed by atoms with van der Waals surface area (Å²) in [5.74, 6) is 0. The predicted octanol–water partition coefficient (Wildman–Crippen LogP) is 0.630. The lowest BCUT2D eigenvalue weighted by Gasteiger charge is -2.28. The maximum atomic E-state index is 8.94. The van der Waals surface area contributed by atoms with E-state index in [-0.39, 0.29) is 12.0 Å². The van der Waals surface area contributed by atoms with E-state index in [0.717, 1.165) is 19.5 Å². The molecule has 0 atom stereocenters. The highest BCUT2D eigenvalue weighted by Gasteiger charge is 2.22. The molecule has 0 aromatic carbocycles. The van der Waals surface area contributed by atoms with Gasteiger partial charge >= 0.3 is 0 Å². The monoisotopic (exact) mass is 248 g/mol. The van der Waals surface area contributed by atoms with Crippen LogP contribution in [0.3, 0.4) is 0 Å². The van der Waals surface area contributed by atoms with E-state index in [1.165, 1.54) is 0 Å². The van der Waals surface area contributed by atoms with Crippen molar-refractivity contribution in [1.82, 2.24) is 4.90 Å². The van der Waals surface area contributed by atoms with Gasteiger partial charge in [-0.3, -0.25) is 4.90 Å². The number of rotatable bonds is 9. The van der Waals surface area contributed by atoms with Gasteiger partial charge in [-0.25, -0.2) is 0 Å². The molecular formula is C11H24N2O2S. The summed E-state index contributed by atoms with van der Waals surface area (Å²) in [6, 6.07) is 0. The summed E-state index contributed by atoms with van der Waals surface area (Å²) in [7, 11) is 1.68. The normalized spacial score (nSPS) is 12.1. The van der Waals surface area contributed by atoms with Gasteiger partial charge in [0.05, 0.1) is 18.2 Å². The molecule has 0 aliphatic carbocycles. The van der Waals surface area contributed by atoms with Gasteiger partial charge in [-0.1, -0.05) is 26.1 Å². The Morgan fingerprint density at radius 3 is 2.44 bits per heavy atom. The second kappa shape index (κ2) is 7.95. The summed E-state index contributed by atoms with van der Waals surface area (Å²) in [4.78, 5) is 2.70. The smallest absolute Gasteiger partial charge is 0.0784 e. The molecule has 96 valence electrons. The topological polar surface area (TPSA) is 58.7 Å². The summed E-state index contributed by atoms with van der Waals surface area (Å²) >= 11 is 5.02. The molecule has 0 aromatic rings. The third-order valence-electron chi connectivity index (χ3n) is 2.75. The van der Waals surface area contributed by atoms with Crippen LogP contribution in [0.1, 0.15) is 20.3 Å². The van der Waals surface area contributed by atoms with Crippen molar-refractivity contribution in [3.8, 4) is 0 Å². The van der Waals surface area contributed by atoms with Gasteiger partial charge in [0.2, 0.25) is 0 Å². The van der Waals surface area contributed by atoms with E-state index in [0.29, 0.717) is 18.1 Å². The summed E-state index contributed by atoms with van der Waals surface area (Å²) in [5.41, 5.74) is 5.54. The lowest BCUT2D eigenvalue weighted by molar-refractivity contribution is 0.125. The predicted molar refractivity (Wildman–Crippen MR) is 70.6 cm³/mol. The van der Waals surface area contributed by atoms with Crippen molar-refractivity contribution in [3.05, 3.63) is 0 Å². The zero-order chi connectivity index (χ0) is 12.6. The van der Waals surface area contributed by atoms with Gasteiger partial charge < -0.3 is 15.6 Å². The Balaban J connectivity index is 4.04. The second-order valence-corrected chi connectivity index (χ2v) is 5.00. The average Bonchev–Trinajstić information content (AvgIpc) is 2.22. The van der Waals surface area contributed by atoms with Gasteiger partial charge in [0.15, 0.2) is 0 Å². The zero-order valence-corrected chi connectivity index (χ0v) is 11.3. The fourth-order valence-electron chi connectivity index (χ4n) is 1.26. The van der Waals surface area contributed by atoms with E-state index >= 15 is 0 Å². The molecule has 4 nitrogen and oxygen atoms in total. The lowest BCUT2D eigenvalue weighted by Crippen LogP contribution is -2.37. The van der Waals surface area contributed by atoms with Crippen LogP contribution < -0.4 is 5.73 Å². The molecule has 0 aliphatic heterocycles. The molecular weight excluding hydrogens is 224 g/mol. The molecule has 0 unspecified atom stereocenters. The molecule has 0 aromatic heterocycles. The van der Waals surface area contributed by atoms with Crippen molar-refractivity contribution >= 4 is 17.2 Å². The highest BCUT2D eigenvalue weighted by molar-refractivity contribution is 7.80. The molecule has 0 radical (unpaired) electrons. The minimum absolute atomic E-state index is 0.129. The zero-order valence-electron chi connectivity index (χ0n) is 10.5. The molecule has 0 spiro atoms. The Kier molecular flexibility index (Phi) is 7.83. The van der Waals surface area contributed by atoms with Crippen molar-refractivity contribution in [2.45, 2.75) is 20.3 Å². The summed E-state index contributed by atoms with van der Waals surface area (Å²) < 4.78 is 5.02. The molecule has 0 saturated heterocycles. The number of ether oxygens (including phenoxy) is 1. The SMILES string of the molecule is COCCN(CCO)CCC(C)(C)C(N)=S. The summed E-state index contributed by atoms with van der Waals surface area (Å²) in [5, 5.41) is 8.94. The van der Waals surface area contributed by atoms with Crippen LogP contribution in [-0.4, -0.2) is 55.0 Å². The standard InChI is InChI=1S/C11H24N2O2S/c1-11(2,10(12)16)4-5-13(6-8-14)7-9-15-3/h14H,4-9H2,1-3H3,(H2,12,16). The molecule has 0 aliphatic rings. The van der Waals surface area contributed by atoms with Crippen LogP contribution in [0.2, 0.25) is 0 Å². The third-order valence-corrected chi connectivity index (χ3v) is 3.30. The largest absolute Gasteiger partial charge is 0.395 e. The Hall–Kier alpha value is -0.230. The van der Waals surface area contributed by atoms with Crippen molar-refractivity contribution in [2.75, 3.05) is 40.0 Å². The summed E-state index contributed by atoms with van der Waals surface area (Å²) in [6.07, 6.45) is 0.895. The van der Waals surface area contributed by atoms with Gasteiger partial charge in [-0.15, -0.1) is 0 Å². The number of methoxy groups -OCH3 is 1. The number of nitrogens with zero attached hydrogens (tertiary/aromatic N) is 1. The van der Waals surface area contributed by atoms with E-state index in [1.807, 2.05) is 13.8 Å². The maximum absolute atomic E-state index is 8.94. The first kappa shape index (κ1) is 15.8. The van der Waals surface area contributed by atoms with E-state index < -0.39 is 0 Å². The number of aliphatic hydroxyl groups excluding tert-OH is 1. The van der Waals surface area contributed by atoms with Crippen molar-refractivity contribution in [3.63, 3.8) is 0 Å². The van der Waals surface area contributed by atoms with Gasteiger partial charge in [-0.05, 0) is 13.0 Å². The molecule has 0 saturated carbocycles. The van der Waals surface area contributed by atoms with Crippen LogP contribution in [0.4, 0.5) is 0 Å². The van der Waals surface area contributed by atoms with Gasteiger partial charge in [0.25, 0.3) is 0 Å². The fraction of sp³-hybridized carbons (Fsp3) is 0.909. The molecule has 0 bridgehead atoms. The molecule has 5 heteroatoms. The number of hydrogen-bond acceptors (Lipinski definition) is 4. The third kappa shape index (κ3) is 6.37. The molecule has 0 rings (SSSR count). The Morgan fingerprint density at radius 2 is 2.00 bits per heavy atom. The number of aliphatic hydroxyl groups is 1. The first-order chi connectivity index (χ1) is 7.44. The fourth-order valence-corrected chi connectivity index (χ4v) is 1.36. The Labute approximate surface area is 104 Å². The highest BCUT2D eigenvalue weighted by Crippen LogP contribution is 2.20. The van der Waals surface area contributed by atoms with Crippen LogP contribution in [0.15, 0.2) is 0 Å². The van der Waals surface area contributed by atoms with E-state index in [2.05, 4.69) is 4.90 Å². The van der Waals surface area contributed by atoms with Crippen molar-refractivity contribution < 1.29 is 9.84 Å². The van der Waals surface area contributed by atoms with E-state index in [4.69, 9.17) is 27.8 Å². The van der Waals surface area contributed by atoms with E-state index in [1.54, 1.807) is 7.11 Å². The van der Waals surface area contributed by atoms with Crippen LogP contribution in [-0.2, 0) is 4.74 Å². The highest BCUT2D eigenvalue weighted by atomic mass is 32.1. The Morgan fingerprint density at radius 1 is 1.38 bits per heavy atom. The van der Waals surface area contributed by atoms with Crippen LogP contribution in [0.25, 0.3) is 0 Å². The van der Waals surface area contributed by atoms with Gasteiger partial charge in [0.1, 0.15) is 0 Å². The Bertz CT molecular complexity index is 210. The lowest BCUT2D eigenvalue weighted by atomic mass is 9.89. The summed E-state index contributed by atoms with van der Waals surface area (Å²) in [6.45, 7) is 7.28. The quantitative estimate of drug-likeness (QED) is 0.586. The van der Waals surface area contributed by atoms with E-state index in [9.17, 15) is 0 Å². The van der Waals surface area contributed by atoms with Gasteiger partial charge in [0, 0.05) is 25.6 Å². The molecule has 16 heavy (non-hydrogen) atoms. The minimum atomic E-state index is -0.129. The van der Waals surface area contributed by atoms with Crippen LogP contribution >= 0.6 is 12.2 Å². The molecule has 3 N–H and O–H groups in total. The van der Waals surface area contributed by atoms with Crippen molar-refractivity contribution in [1.29, 1.82) is 0 Å². The number of hydrogen-bond donors (Lipinski definition) is 2. The molecule has 0 fully saturated rings. The molecule has 0 heterocycles. The van der Waals surface area contributed by atoms with Crippen LogP contribution in [0.5, 0.6) is 0 Å². The molecule has 0 amide bonds. The van der Waals surface area contributed by atoms with Crippen LogP contribution in [0, 0.1) is 5.41 Å². The average molecular weight is 248 g/mol. The van der Waals surface area contributed by atoms with Crippen molar-refractivity contribution in [2.24, 2.45) is 11.1 Å². The van der Waals surface area contributed by atoms with Gasteiger partial charge in [-0.2, -0.15) is 0 Å². The minimum Gasteiger partial charge on any atom is -0.395 e. The first-order valence-electron chi connectivity index (χ1n) is 5.56. The number of thiocarbonyl (C=S) groups is 1. The second-order valence-electron chi connectivity index (χ2n) is 4.56. The first-order valence-corrected chi connectivity index (χ1v) is 5.97.